The molecule has 3 heterocycles. The van der Waals surface area contributed by atoms with E-state index in [1.165, 1.54) is 40.4 Å². The number of rotatable bonds is 7. The number of aryl methyl sites for hydroxylation is 1. The van der Waals surface area contributed by atoms with Gasteiger partial charge in [0.2, 0.25) is 0 Å². The number of thiophene rings is 2. The molecule has 1 atom stereocenters. The average molecular weight is 479 g/mol. The van der Waals surface area contributed by atoms with E-state index in [0.29, 0.717) is 5.25 Å². The number of hydrogen-bond acceptors (Lipinski definition) is 4. The van der Waals surface area contributed by atoms with Crippen LogP contribution in [0.15, 0.2) is 84.3 Å². The first-order valence-corrected chi connectivity index (χ1v) is 13.7. The van der Waals surface area contributed by atoms with Crippen LogP contribution in [0.4, 0.5) is 0 Å². The zero-order chi connectivity index (χ0) is 21.8. The van der Waals surface area contributed by atoms with Gasteiger partial charge in [-0.3, -0.25) is 0 Å². The average Bonchev–Trinajstić information content (AvgIpc) is 3.43. The van der Waals surface area contributed by atoms with E-state index in [2.05, 4.69) is 100 Å². The van der Waals surface area contributed by atoms with Crippen molar-refractivity contribution in [2.45, 2.75) is 32.4 Å². The fourth-order valence-electron chi connectivity index (χ4n) is 3.37. The highest BCUT2D eigenvalue weighted by molar-refractivity contribution is 8.11. The van der Waals surface area contributed by atoms with Gasteiger partial charge in [0.05, 0.1) is 5.25 Å². The molecule has 1 aromatic carbocycles. The van der Waals surface area contributed by atoms with Crippen LogP contribution >= 0.6 is 46.2 Å². The minimum atomic E-state index is 0.362. The molecular formula is C27H26S4. The summed E-state index contributed by atoms with van der Waals surface area (Å²) in [6.45, 7) is 10.5. The fourth-order valence-corrected chi connectivity index (χ4v) is 7.50. The summed E-state index contributed by atoms with van der Waals surface area (Å²) in [7, 11) is 0. The second-order valence-electron chi connectivity index (χ2n) is 7.43. The van der Waals surface area contributed by atoms with Gasteiger partial charge in [-0.2, -0.15) is 0 Å². The van der Waals surface area contributed by atoms with Gasteiger partial charge in [-0.25, -0.2) is 0 Å². The first-order chi connectivity index (χ1) is 15.0. The Balaban J connectivity index is 1.50. The molecule has 2 aromatic heterocycles. The van der Waals surface area contributed by atoms with Crippen molar-refractivity contribution in [3.05, 3.63) is 105 Å². The highest BCUT2D eigenvalue weighted by Crippen LogP contribution is 2.45. The smallest absolute Gasteiger partial charge is 0.0528 e. The lowest BCUT2D eigenvalue weighted by molar-refractivity contribution is 1.23. The number of benzene rings is 1. The van der Waals surface area contributed by atoms with Crippen LogP contribution in [0.3, 0.4) is 0 Å². The van der Waals surface area contributed by atoms with Crippen molar-refractivity contribution in [3.63, 3.8) is 0 Å². The van der Waals surface area contributed by atoms with Crippen molar-refractivity contribution in [2.24, 2.45) is 0 Å². The van der Waals surface area contributed by atoms with Gasteiger partial charge < -0.3 is 0 Å². The Bertz CT molecular complexity index is 1150. The molecule has 1 aliphatic heterocycles. The van der Waals surface area contributed by atoms with Crippen LogP contribution in [-0.2, 0) is 0 Å². The number of allylic oxidation sites excluding steroid dienone is 4. The Hall–Kier alpha value is -1.72. The van der Waals surface area contributed by atoms with Crippen molar-refractivity contribution in [2.75, 3.05) is 0 Å². The van der Waals surface area contributed by atoms with Crippen LogP contribution in [0.5, 0.6) is 0 Å². The highest BCUT2D eigenvalue weighted by atomic mass is 32.2. The molecule has 31 heavy (non-hydrogen) atoms. The Morgan fingerprint density at radius 2 is 1.81 bits per heavy atom. The molecule has 0 aliphatic carbocycles. The molecule has 0 bridgehead atoms. The predicted molar refractivity (Wildman–Crippen MR) is 147 cm³/mol. The summed E-state index contributed by atoms with van der Waals surface area (Å²) in [5, 5.41) is 0.362. The van der Waals surface area contributed by atoms with Crippen LogP contribution < -0.4 is 0 Å². The molecule has 158 valence electrons. The lowest BCUT2D eigenvalue weighted by Crippen LogP contribution is -1.93. The zero-order valence-electron chi connectivity index (χ0n) is 18.1. The lowest BCUT2D eigenvalue weighted by atomic mass is 10.1. The van der Waals surface area contributed by atoms with Gasteiger partial charge in [0, 0.05) is 29.3 Å². The minimum absolute atomic E-state index is 0.362. The predicted octanol–water partition coefficient (Wildman–Crippen LogP) is 10.2. The molecule has 1 unspecified atom stereocenters. The van der Waals surface area contributed by atoms with E-state index in [1.54, 1.807) is 11.8 Å². The molecule has 1 aliphatic rings. The molecule has 3 aromatic rings. The van der Waals surface area contributed by atoms with Gasteiger partial charge in [-0.1, -0.05) is 67.8 Å². The summed E-state index contributed by atoms with van der Waals surface area (Å²) in [6.07, 6.45) is 10.1. The maximum Gasteiger partial charge on any atom is 0.0528 e. The van der Waals surface area contributed by atoms with Crippen LogP contribution in [0.1, 0.15) is 45.7 Å². The number of hydrogen-bond donors (Lipinski definition) is 0. The summed E-state index contributed by atoms with van der Waals surface area (Å²) in [4.78, 5) is 9.16. The van der Waals surface area contributed by atoms with Gasteiger partial charge >= 0.3 is 0 Å². The Kier molecular flexibility index (Phi) is 7.44. The van der Waals surface area contributed by atoms with Gasteiger partial charge in [0.1, 0.15) is 0 Å². The lowest BCUT2D eigenvalue weighted by Gasteiger charge is -2.18. The molecule has 0 fully saturated rings. The Morgan fingerprint density at radius 1 is 1.03 bits per heavy atom. The van der Waals surface area contributed by atoms with E-state index in [9.17, 15) is 0 Å². The first-order valence-electron chi connectivity index (χ1n) is 10.4. The summed E-state index contributed by atoms with van der Waals surface area (Å²) < 4.78 is 0. The first kappa shape index (κ1) is 22.5. The largest absolute Gasteiger partial charge is 0.140 e. The van der Waals surface area contributed by atoms with E-state index in [0.717, 1.165) is 11.3 Å². The molecule has 0 amide bonds. The van der Waals surface area contributed by atoms with E-state index in [1.807, 2.05) is 34.4 Å². The standard InChI is InChI=1S/C27H26S4/c1-5-7-24(28-18(2)3)27-17-16-23(31-27)21-13-11-20(12-14-21)22-8-6-9-25(30-22)26-15-10-19(4)29-26/h6-17,22H,2,5H2,1,3-4H3/b24-7-. The second kappa shape index (κ2) is 10.3. The third kappa shape index (κ3) is 5.56. The number of thioether (sulfide) groups is 2. The fraction of sp³-hybridized carbons (Fsp3) is 0.185. The van der Waals surface area contributed by atoms with Crippen LogP contribution in [-0.4, -0.2) is 0 Å². The molecular weight excluding hydrogens is 453 g/mol. The zero-order valence-corrected chi connectivity index (χ0v) is 21.3. The molecule has 0 N–H and O–H groups in total. The second-order valence-corrected chi connectivity index (χ2v) is 12.3. The molecule has 0 saturated heterocycles. The van der Waals surface area contributed by atoms with Gasteiger partial charge in [-0.05, 0) is 66.6 Å². The molecule has 0 spiro atoms. The molecule has 0 nitrogen and oxygen atoms in total. The Labute approximate surface area is 202 Å². The molecule has 0 radical (unpaired) electrons. The van der Waals surface area contributed by atoms with Crippen molar-refractivity contribution >= 4 is 56.0 Å². The monoisotopic (exact) mass is 478 g/mol. The van der Waals surface area contributed by atoms with Crippen molar-refractivity contribution in [3.8, 4) is 10.4 Å². The van der Waals surface area contributed by atoms with Crippen LogP contribution in [0.25, 0.3) is 20.3 Å². The maximum atomic E-state index is 4.06. The van der Waals surface area contributed by atoms with E-state index < -0.39 is 0 Å². The van der Waals surface area contributed by atoms with Crippen molar-refractivity contribution in [1.82, 2.24) is 0 Å². The van der Waals surface area contributed by atoms with Crippen molar-refractivity contribution in [1.29, 1.82) is 0 Å². The highest BCUT2D eigenvalue weighted by Gasteiger charge is 2.17. The van der Waals surface area contributed by atoms with Gasteiger partial charge in [0.15, 0.2) is 0 Å². The maximum absolute atomic E-state index is 4.06. The van der Waals surface area contributed by atoms with Gasteiger partial charge in [-0.15, -0.1) is 34.4 Å². The summed E-state index contributed by atoms with van der Waals surface area (Å²) >= 11 is 7.44. The topological polar surface area (TPSA) is 0 Å². The van der Waals surface area contributed by atoms with Crippen molar-refractivity contribution < 1.29 is 0 Å². The molecule has 4 rings (SSSR count). The third-order valence-corrected chi connectivity index (χ3v) is 9.53. The van der Waals surface area contributed by atoms with Crippen LogP contribution in [0, 0.1) is 6.92 Å². The van der Waals surface area contributed by atoms with E-state index >= 15 is 0 Å². The summed E-state index contributed by atoms with van der Waals surface area (Å²) in [5.74, 6) is 0. The summed E-state index contributed by atoms with van der Waals surface area (Å²) in [6, 6.07) is 18.0. The normalized spacial score (nSPS) is 16.4. The third-order valence-electron chi connectivity index (χ3n) is 4.82. The van der Waals surface area contributed by atoms with Crippen LogP contribution in [0.2, 0.25) is 0 Å². The van der Waals surface area contributed by atoms with Gasteiger partial charge in [0.25, 0.3) is 0 Å². The molecule has 0 saturated carbocycles. The van der Waals surface area contributed by atoms with E-state index in [4.69, 9.17) is 0 Å². The quantitative estimate of drug-likeness (QED) is 0.331. The summed E-state index contributed by atoms with van der Waals surface area (Å²) in [5.41, 5.74) is 2.63. The van der Waals surface area contributed by atoms with E-state index in [-0.39, 0.29) is 0 Å². The molecule has 4 heteroatoms. The minimum Gasteiger partial charge on any atom is -0.140 e. The Morgan fingerprint density at radius 3 is 2.48 bits per heavy atom. The SMILES string of the molecule is C=C(C)S/C(=C\CC)c1ccc(-c2ccc(C3C=CC=C(c4ccc(C)s4)S3)cc2)s1.